The third-order valence-electron chi connectivity index (χ3n) is 4.11. The van der Waals surface area contributed by atoms with Crippen molar-refractivity contribution in [3.63, 3.8) is 0 Å². The smallest absolute Gasteiger partial charge is 0.263 e. The number of aromatic nitrogens is 2. The summed E-state index contributed by atoms with van der Waals surface area (Å²) in [6.45, 7) is 4.42. The van der Waals surface area contributed by atoms with Gasteiger partial charge in [0, 0.05) is 38.6 Å². The average molecular weight is 337 g/mol. The predicted molar refractivity (Wildman–Crippen MR) is 92.1 cm³/mol. The molecule has 0 saturated carbocycles. The van der Waals surface area contributed by atoms with Crippen molar-refractivity contribution in [2.45, 2.75) is 13.0 Å². The normalized spacial score (nSPS) is 15.4. The number of benzene rings is 1. The summed E-state index contributed by atoms with van der Waals surface area (Å²) in [5.41, 5.74) is 0.562. The van der Waals surface area contributed by atoms with Crippen LogP contribution in [-0.2, 0) is 4.79 Å². The topological polar surface area (TPSA) is 82.4 Å². The van der Waals surface area contributed by atoms with Gasteiger partial charge in [-0.05, 0) is 31.2 Å². The maximum absolute atomic E-state index is 12.6. The summed E-state index contributed by atoms with van der Waals surface area (Å²) in [6, 6.07) is 8.81. The molecule has 1 amide bonds. The quantitative estimate of drug-likeness (QED) is 0.840. The minimum absolute atomic E-state index is 0.0387. The largest absolute Gasteiger partial charge is 0.481 e. The summed E-state index contributed by atoms with van der Waals surface area (Å²) < 4.78 is 5.70. The Bertz CT molecular complexity index is 749. The third-order valence-corrected chi connectivity index (χ3v) is 4.11. The van der Waals surface area contributed by atoms with E-state index < -0.39 is 6.10 Å². The second-order valence-corrected chi connectivity index (χ2v) is 5.77. The number of anilines is 1. The van der Waals surface area contributed by atoms with E-state index in [1.807, 2.05) is 0 Å². The highest BCUT2D eigenvalue weighted by molar-refractivity contribution is 5.81. The van der Waals surface area contributed by atoms with Crippen molar-refractivity contribution in [3.8, 4) is 11.8 Å². The molecule has 1 unspecified atom stereocenters. The first-order valence-electron chi connectivity index (χ1n) is 8.14. The van der Waals surface area contributed by atoms with Crippen LogP contribution in [0.15, 0.2) is 42.9 Å². The number of nitriles is 1. The Morgan fingerprint density at radius 2 is 1.92 bits per heavy atom. The van der Waals surface area contributed by atoms with Crippen LogP contribution in [-0.4, -0.2) is 53.1 Å². The minimum Gasteiger partial charge on any atom is -0.481 e. The van der Waals surface area contributed by atoms with Crippen LogP contribution in [0.25, 0.3) is 0 Å². The average Bonchev–Trinajstić information content (AvgIpc) is 2.69. The molecule has 1 aromatic carbocycles. The lowest BCUT2D eigenvalue weighted by molar-refractivity contribution is -0.138. The lowest BCUT2D eigenvalue weighted by atomic mass is 10.2. The summed E-state index contributed by atoms with van der Waals surface area (Å²) in [4.78, 5) is 24.9. The summed E-state index contributed by atoms with van der Waals surface area (Å²) >= 11 is 0. The molecule has 128 valence electrons. The Hall–Kier alpha value is -3.14. The van der Waals surface area contributed by atoms with Crippen LogP contribution in [0.4, 0.5) is 5.82 Å². The van der Waals surface area contributed by atoms with Gasteiger partial charge in [0.05, 0.1) is 17.8 Å². The third kappa shape index (κ3) is 4.04. The van der Waals surface area contributed by atoms with Crippen molar-refractivity contribution in [3.05, 3.63) is 48.4 Å². The van der Waals surface area contributed by atoms with E-state index in [4.69, 9.17) is 10.00 Å². The van der Waals surface area contributed by atoms with Crippen LogP contribution in [0, 0.1) is 11.3 Å². The zero-order valence-corrected chi connectivity index (χ0v) is 14.0. The molecule has 1 saturated heterocycles. The first kappa shape index (κ1) is 16.7. The van der Waals surface area contributed by atoms with E-state index in [0.29, 0.717) is 37.5 Å². The number of ether oxygens (including phenoxy) is 1. The van der Waals surface area contributed by atoms with Gasteiger partial charge in [0.25, 0.3) is 5.91 Å². The monoisotopic (exact) mass is 337 g/mol. The van der Waals surface area contributed by atoms with E-state index in [2.05, 4.69) is 20.9 Å². The Balaban J connectivity index is 1.54. The van der Waals surface area contributed by atoms with Crippen molar-refractivity contribution >= 4 is 11.7 Å². The summed E-state index contributed by atoms with van der Waals surface area (Å²) in [5, 5.41) is 8.81. The molecule has 1 aromatic heterocycles. The summed E-state index contributed by atoms with van der Waals surface area (Å²) in [7, 11) is 0. The Labute approximate surface area is 146 Å². The van der Waals surface area contributed by atoms with E-state index in [0.717, 1.165) is 5.82 Å². The molecule has 2 aromatic rings. The van der Waals surface area contributed by atoms with Crippen molar-refractivity contribution in [1.29, 1.82) is 5.26 Å². The van der Waals surface area contributed by atoms with Crippen molar-refractivity contribution in [2.24, 2.45) is 0 Å². The Morgan fingerprint density at radius 1 is 1.20 bits per heavy atom. The number of carbonyl (C=O) groups excluding carboxylic acids is 1. The van der Waals surface area contributed by atoms with Gasteiger partial charge in [-0.15, -0.1) is 0 Å². The van der Waals surface area contributed by atoms with E-state index in [-0.39, 0.29) is 5.91 Å². The predicted octanol–water partition coefficient (Wildman–Crippen LogP) is 1.46. The van der Waals surface area contributed by atoms with Gasteiger partial charge in [-0.3, -0.25) is 9.78 Å². The Kier molecular flexibility index (Phi) is 5.09. The van der Waals surface area contributed by atoms with E-state index in [1.165, 1.54) is 0 Å². The molecule has 1 atom stereocenters. The molecular formula is C18H19N5O2. The van der Waals surface area contributed by atoms with Crippen molar-refractivity contribution in [1.82, 2.24) is 14.9 Å². The fraction of sp³-hybridized carbons (Fsp3) is 0.333. The second-order valence-electron chi connectivity index (χ2n) is 5.77. The number of hydrogen-bond acceptors (Lipinski definition) is 6. The fourth-order valence-electron chi connectivity index (χ4n) is 2.73. The highest BCUT2D eigenvalue weighted by atomic mass is 16.5. The van der Waals surface area contributed by atoms with E-state index >= 15 is 0 Å². The van der Waals surface area contributed by atoms with Crippen LogP contribution < -0.4 is 9.64 Å². The number of amides is 1. The van der Waals surface area contributed by atoms with E-state index in [1.54, 1.807) is 54.7 Å². The molecule has 0 radical (unpaired) electrons. The lowest BCUT2D eigenvalue weighted by Gasteiger charge is -2.36. The molecule has 25 heavy (non-hydrogen) atoms. The number of hydrogen-bond donors (Lipinski definition) is 0. The van der Waals surface area contributed by atoms with Gasteiger partial charge < -0.3 is 14.5 Å². The number of piperazine rings is 1. The fourth-order valence-corrected chi connectivity index (χ4v) is 2.73. The molecule has 2 heterocycles. The molecule has 1 aliphatic rings. The molecule has 1 aliphatic heterocycles. The van der Waals surface area contributed by atoms with Gasteiger partial charge in [-0.25, -0.2) is 4.98 Å². The van der Waals surface area contributed by atoms with Crippen LogP contribution >= 0.6 is 0 Å². The lowest BCUT2D eigenvalue weighted by Crippen LogP contribution is -2.52. The number of nitrogens with zero attached hydrogens (tertiary/aromatic N) is 5. The van der Waals surface area contributed by atoms with Crippen LogP contribution in [0.3, 0.4) is 0 Å². The molecule has 0 N–H and O–H groups in total. The zero-order valence-electron chi connectivity index (χ0n) is 14.0. The Morgan fingerprint density at radius 3 is 2.52 bits per heavy atom. The first-order chi connectivity index (χ1) is 12.2. The summed E-state index contributed by atoms with van der Waals surface area (Å²) in [5.74, 6) is 1.37. The molecule has 3 rings (SSSR count). The molecule has 0 spiro atoms. The zero-order chi connectivity index (χ0) is 17.6. The van der Waals surface area contributed by atoms with Crippen molar-refractivity contribution in [2.75, 3.05) is 31.1 Å². The number of carbonyl (C=O) groups is 1. The first-order valence-corrected chi connectivity index (χ1v) is 8.14. The van der Waals surface area contributed by atoms with Gasteiger partial charge in [-0.1, -0.05) is 0 Å². The molecule has 7 nitrogen and oxygen atoms in total. The van der Waals surface area contributed by atoms with Crippen molar-refractivity contribution < 1.29 is 9.53 Å². The molecular weight excluding hydrogens is 318 g/mol. The van der Waals surface area contributed by atoms with Crippen LogP contribution in [0.5, 0.6) is 5.75 Å². The standard InChI is InChI=1S/C18H19N5O2/c1-14(25-16-4-2-15(12-19)3-5-16)18(24)23-10-8-22(9-11-23)17-13-20-6-7-21-17/h2-7,13-14H,8-11H2,1H3. The molecule has 0 bridgehead atoms. The van der Waals surface area contributed by atoms with Crippen LogP contribution in [0.1, 0.15) is 12.5 Å². The molecule has 7 heteroatoms. The molecule has 1 fully saturated rings. The minimum atomic E-state index is -0.573. The highest BCUT2D eigenvalue weighted by Crippen LogP contribution is 2.16. The highest BCUT2D eigenvalue weighted by Gasteiger charge is 2.26. The SMILES string of the molecule is CC(Oc1ccc(C#N)cc1)C(=O)N1CCN(c2cnccn2)CC1. The second kappa shape index (κ2) is 7.62. The van der Waals surface area contributed by atoms with Gasteiger partial charge >= 0.3 is 0 Å². The van der Waals surface area contributed by atoms with E-state index in [9.17, 15) is 4.79 Å². The van der Waals surface area contributed by atoms with Gasteiger partial charge in [-0.2, -0.15) is 5.26 Å². The van der Waals surface area contributed by atoms with Gasteiger partial charge in [0.2, 0.25) is 0 Å². The maximum Gasteiger partial charge on any atom is 0.263 e. The number of rotatable bonds is 4. The van der Waals surface area contributed by atoms with Crippen LogP contribution in [0.2, 0.25) is 0 Å². The maximum atomic E-state index is 12.6. The van der Waals surface area contributed by atoms with Gasteiger partial charge in [0.1, 0.15) is 11.6 Å². The van der Waals surface area contributed by atoms with Gasteiger partial charge in [0.15, 0.2) is 6.10 Å². The summed E-state index contributed by atoms with van der Waals surface area (Å²) in [6.07, 6.45) is 4.47. The molecule has 0 aliphatic carbocycles.